The first-order valence-corrected chi connectivity index (χ1v) is 7.67. The molecule has 0 aromatic carbocycles. The third kappa shape index (κ3) is 3.51. The third-order valence-electron chi connectivity index (χ3n) is 3.59. The Morgan fingerprint density at radius 1 is 1.29 bits per heavy atom. The van der Waals surface area contributed by atoms with Crippen LogP contribution in [0.3, 0.4) is 0 Å². The van der Waals surface area contributed by atoms with Gasteiger partial charge in [-0.3, -0.25) is 9.69 Å². The molecule has 0 aliphatic carbocycles. The Kier molecular flexibility index (Phi) is 4.36. The van der Waals surface area contributed by atoms with E-state index in [-0.39, 0.29) is 5.91 Å². The van der Waals surface area contributed by atoms with Gasteiger partial charge in [0.15, 0.2) is 0 Å². The molecule has 1 amide bonds. The van der Waals surface area contributed by atoms with Crippen molar-refractivity contribution in [3.8, 4) is 0 Å². The number of piperazine rings is 1. The highest BCUT2D eigenvalue weighted by atomic mass is 79.9. The van der Waals surface area contributed by atoms with E-state index in [4.69, 9.17) is 4.42 Å². The highest BCUT2D eigenvalue weighted by Crippen LogP contribution is 2.14. The SMILES string of the molecule is O=C(c1ccnc(Br)c1)N1CCN(Cc2ccco2)CC1. The minimum absolute atomic E-state index is 0.0655. The van der Waals surface area contributed by atoms with Crippen molar-refractivity contribution < 1.29 is 9.21 Å². The summed E-state index contributed by atoms with van der Waals surface area (Å²) in [7, 11) is 0. The van der Waals surface area contributed by atoms with Crippen LogP contribution < -0.4 is 0 Å². The summed E-state index contributed by atoms with van der Waals surface area (Å²) in [5.74, 6) is 1.03. The van der Waals surface area contributed by atoms with Crippen LogP contribution in [-0.2, 0) is 6.54 Å². The van der Waals surface area contributed by atoms with Gasteiger partial charge in [0.2, 0.25) is 0 Å². The Morgan fingerprint density at radius 2 is 2.10 bits per heavy atom. The number of hydrogen-bond donors (Lipinski definition) is 0. The van der Waals surface area contributed by atoms with Gasteiger partial charge in [-0.1, -0.05) is 0 Å². The number of nitrogens with zero attached hydrogens (tertiary/aromatic N) is 3. The predicted molar refractivity (Wildman–Crippen MR) is 81.8 cm³/mol. The largest absolute Gasteiger partial charge is 0.468 e. The second-order valence-corrected chi connectivity index (χ2v) is 5.83. The Hall–Kier alpha value is -1.66. The molecule has 110 valence electrons. The van der Waals surface area contributed by atoms with E-state index in [9.17, 15) is 4.79 Å². The van der Waals surface area contributed by atoms with E-state index in [2.05, 4.69) is 25.8 Å². The number of rotatable bonds is 3. The quantitative estimate of drug-likeness (QED) is 0.798. The number of furan rings is 1. The van der Waals surface area contributed by atoms with Gasteiger partial charge in [-0.15, -0.1) is 0 Å². The van der Waals surface area contributed by atoms with Crippen LogP contribution in [0.1, 0.15) is 16.1 Å². The smallest absolute Gasteiger partial charge is 0.254 e. The fraction of sp³-hybridized carbons (Fsp3) is 0.333. The van der Waals surface area contributed by atoms with Gasteiger partial charge in [-0.05, 0) is 40.2 Å². The molecule has 3 heterocycles. The molecule has 2 aromatic heterocycles. The molecule has 0 unspecified atom stereocenters. The Bertz CT molecular complexity index is 607. The molecule has 1 fully saturated rings. The number of pyridine rings is 1. The minimum Gasteiger partial charge on any atom is -0.468 e. The molecule has 6 heteroatoms. The second-order valence-electron chi connectivity index (χ2n) is 5.01. The molecule has 1 saturated heterocycles. The molecule has 0 N–H and O–H groups in total. The molecule has 0 bridgehead atoms. The first-order chi connectivity index (χ1) is 10.2. The molecular weight excluding hydrogens is 334 g/mol. The maximum atomic E-state index is 12.4. The van der Waals surface area contributed by atoms with Gasteiger partial charge < -0.3 is 9.32 Å². The average Bonchev–Trinajstić information content (AvgIpc) is 3.00. The molecule has 1 aliphatic rings. The zero-order chi connectivity index (χ0) is 14.7. The van der Waals surface area contributed by atoms with Crippen LogP contribution >= 0.6 is 15.9 Å². The molecule has 21 heavy (non-hydrogen) atoms. The summed E-state index contributed by atoms with van der Waals surface area (Å²) in [6.45, 7) is 3.99. The summed E-state index contributed by atoms with van der Waals surface area (Å²) in [5.41, 5.74) is 0.677. The topological polar surface area (TPSA) is 49.6 Å². The normalized spacial score (nSPS) is 16.1. The van der Waals surface area contributed by atoms with Gasteiger partial charge in [0.05, 0.1) is 12.8 Å². The standard InChI is InChI=1S/C15H16BrN3O2/c16-14-10-12(3-4-17-14)15(20)19-7-5-18(6-8-19)11-13-2-1-9-21-13/h1-4,9-10H,5-8,11H2. The number of hydrogen-bond acceptors (Lipinski definition) is 4. The summed E-state index contributed by atoms with van der Waals surface area (Å²) in [5, 5.41) is 0. The van der Waals surface area contributed by atoms with Crippen molar-refractivity contribution in [1.29, 1.82) is 0 Å². The predicted octanol–water partition coefficient (Wildman–Crippen LogP) is 2.40. The van der Waals surface area contributed by atoms with Gasteiger partial charge >= 0.3 is 0 Å². The zero-order valence-corrected chi connectivity index (χ0v) is 13.1. The van der Waals surface area contributed by atoms with E-state index in [0.717, 1.165) is 38.5 Å². The highest BCUT2D eigenvalue weighted by Gasteiger charge is 2.22. The van der Waals surface area contributed by atoms with Crippen LogP contribution in [-0.4, -0.2) is 46.9 Å². The lowest BCUT2D eigenvalue weighted by Gasteiger charge is -2.34. The van der Waals surface area contributed by atoms with Gasteiger partial charge in [-0.25, -0.2) is 4.98 Å². The third-order valence-corrected chi connectivity index (χ3v) is 4.03. The van der Waals surface area contributed by atoms with Gasteiger partial charge in [0.1, 0.15) is 10.4 Å². The number of carbonyl (C=O) groups is 1. The monoisotopic (exact) mass is 349 g/mol. The number of amides is 1. The van der Waals surface area contributed by atoms with Crippen LogP contribution in [0.15, 0.2) is 45.7 Å². The van der Waals surface area contributed by atoms with Crippen LogP contribution in [0, 0.1) is 0 Å². The number of halogens is 1. The Morgan fingerprint density at radius 3 is 2.76 bits per heavy atom. The van der Waals surface area contributed by atoms with Crippen molar-refractivity contribution >= 4 is 21.8 Å². The van der Waals surface area contributed by atoms with Crippen LogP contribution in [0.5, 0.6) is 0 Å². The molecule has 5 nitrogen and oxygen atoms in total. The first-order valence-electron chi connectivity index (χ1n) is 6.88. The van der Waals surface area contributed by atoms with Gasteiger partial charge in [-0.2, -0.15) is 0 Å². The van der Waals surface area contributed by atoms with Crippen molar-refractivity contribution in [3.63, 3.8) is 0 Å². The van der Waals surface area contributed by atoms with E-state index in [1.54, 1.807) is 24.6 Å². The molecule has 3 rings (SSSR count). The summed E-state index contributed by atoms with van der Waals surface area (Å²) >= 11 is 3.30. The van der Waals surface area contributed by atoms with Crippen LogP contribution in [0.25, 0.3) is 0 Å². The number of carbonyl (C=O) groups excluding carboxylic acids is 1. The zero-order valence-electron chi connectivity index (χ0n) is 11.5. The average molecular weight is 350 g/mol. The summed E-state index contributed by atoms with van der Waals surface area (Å²) in [6, 6.07) is 7.39. The molecule has 0 radical (unpaired) electrons. The van der Waals surface area contributed by atoms with E-state index < -0.39 is 0 Å². The fourth-order valence-electron chi connectivity index (χ4n) is 2.45. The highest BCUT2D eigenvalue weighted by molar-refractivity contribution is 9.10. The Balaban J connectivity index is 1.57. The van der Waals surface area contributed by atoms with Crippen LogP contribution in [0.2, 0.25) is 0 Å². The second kappa shape index (κ2) is 6.41. The van der Waals surface area contributed by atoms with E-state index in [1.807, 2.05) is 17.0 Å². The molecule has 0 spiro atoms. The summed E-state index contributed by atoms with van der Waals surface area (Å²) in [4.78, 5) is 20.7. The van der Waals surface area contributed by atoms with Crippen molar-refractivity contribution in [2.24, 2.45) is 0 Å². The Labute approximate surface area is 131 Å². The van der Waals surface area contributed by atoms with Gasteiger partial charge in [0, 0.05) is 37.9 Å². The van der Waals surface area contributed by atoms with E-state index >= 15 is 0 Å². The van der Waals surface area contributed by atoms with Gasteiger partial charge in [0.25, 0.3) is 5.91 Å². The van der Waals surface area contributed by atoms with E-state index in [0.29, 0.717) is 10.2 Å². The minimum atomic E-state index is 0.0655. The maximum Gasteiger partial charge on any atom is 0.254 e. The molecule has 0 atom stereocenters. The fourth-order valence-corrected chi connectivity index (χ4v) is 2.81. The maximum absolute atomic E-state index is 12.4. The first kappa shape index (κ1) is 14.3. The van der Waals surface area contributed by atoms with E-state index in [1.165, 1.54) is 0 Å². The molecule has 2 aromatic rings. The number of aromatic nitrogens is 1. The molecule has 0 saturated carbocycles. The molecule has 1 aliphatic heterocycles. The van der Waals surface area contributed by atoms with Crippen LogP contribution in [0.4, 0.5) is 0 Å². The van der Waals surface area contributed by atoms with Crippen molar-refractivity contribution in [2.45, 2.75) is 6.54 Å². The van der Waals surface area contributed by atoms with Crippen molar-refractivity contribution in [2.75, 3.05) is 26.2 Å². The lowest BCUT2D eigenvalue weighted by atomic mass is 10.2. The summed E-state index contributed by atoms with van der Waals surface area (Å²) in [6.07, 6.45) is 3.33. The molecular formula is C15H16BrN3O2. The lowest BCUT2D eigenvalue weighted by molar-refractivity contribution is 0.0620. The van der Waals surface area contributed by atoms with Crippen molar-refractivity contribution in [1.82, 2.24) is 14.8 Å². The summed E-state index contributed by atoms with van der Waals surface area (Å²) < 4.78 is 6.04. The van der Waals surface area contributed by atoms with Crippen molar-refractivity contribution in [3.05, 3.63) is 52.7 Å². The lowest BCUT2D eigenvalue weighted by Crippen LogP contribution is -2.48.